The lowest BCUT2D eigenvalue weighted by atomic mass is 10.2. The van der Waals surface area contributed by atoms with Gasteiger partial charge in [0.05, 0.1) is 6.61 Å². The SMILES string of the molecule is NCCOCc1nc(-c2ccccc2Br)no1. The minimum atomic E-state index is 0.286. The van der Waals surface area contributed by atoms with Crippen molar-refractivity contribution < 1.29 is 9.26 Å². The highest BCUT2D eigenvalue weighted by atomic mass is 79.9. The second-order valence-corrected chi connectivity index (χ2v) is 4.19. The maximum Gasteiger partial charge on any atom is 0.252 e. The number of ether oxygens (including phenoxy) is 1. The summed E-state index contributed by atoms with van der Waals surface area (Å²) in [4.78, 5) is 4.24. The number of aromatic nitrogens is 2. The Morgan fingerprint density at radius 3 is 2.94 bits per heavy atom. The van der Waals surface area contributed by atoms with Crippen LogP contribution in [0.4, 0.5) is 0 Å². The fraction of sp³-hybridized carbons (Fsp3) is 0.273. The quantitative estimate of drug-likeness (QED) is 0.854. The number of halogens is 1. The smallest absolute Gasteiger partial charge is 0.252 e. The molecule has 17 heavy (non-hydrogen) atoms. The summed E-state index contributed by atoms with van der Waals surface area (Å²) in [6.07, 6.45) is 0. The van der Waals surface area contributed by atoms with E-state index in [1.165, 1.54) is 0 Å². The van der Waals surface area contributed by atoms with Gasteiger partial charge >= 0.3 is 0 Å². The van der Waals surface area contributed by atoms with Gasteiger partial charge in [-0.25, -0.2) is 0 Å². The second kappa shape index (κ2) is 5.90. The Morgan fingerprint density at radius 1 is 1.35 bits per heavy atom. The summed E-state index contributed by atoms with van der Waals surface area (Å²) in [6, 6.07) is 7.69. The molecule has 6 heteroatoms. The van der Waals surface area contributed by atoms with E-state index in [9.17, 15) is 0 Å². The molecule has 5 nitrogen and oxygen atoms in total. The Hall–Kier alpha value is -1.24. The van der Waals surface area contributed by atoms with E-state index in [0.29, 0.717) is 24.9 Å². The second-order valence-electron chi connectivity index (χ2n) is 3.33. The van der Waals surface area contributed by atoms with Crippen molar-refractivity contribution in [3.63, 3.8) is 0 Å². The molecule has 0 spiro atoms. The van der Waals surface area contributed by atoms with Gasteiger partial charge in [-0.05, 0) is 12.1 Å². The number of hydrogen-bond acceptors (Lipinski definition) is 5. The third kappa shape index (κ3) is 3.12. The average molecular weight is 298 g/mol. The van der Waals surface area contributed by atoms with Crippen LogP contribution in [0, 0.1) is 0 Å². The summed E-state index contributed by atoms with van der Waals surface area (Å²) in [5.41, 5.74) is 6.20. The van der Waals surface area contributed by atoms with Crippen LogP contribution in [0.5, 0.6) is 0 Å². The van der Waals surface area contributed by atoms with Gasteiger partial charge in [-0.2, -0.15) is 4.98 Å². The van der Waals surface area contributed by atoms with Crippen LogP contribution in [0.25, 0.3) is 11.4 Å². The molecule has 0 bridgehead atoms. The van der Waals surface area contributed by atoms with Crippen molar-refractivity contribution in [1.29, 1.82) is 0 Å². The zero-order valence-electron chi connectivity index (χ0n) is 9.10. The lowest BCUT2D eigenvalue weighted by Gasteiger charge is -1.97. The summed E-state index contributed by atoms with van der Waals surface area (Å²) >= 11 is 3.44. The number of rotatable bonds is 5. The van der Waals surface area contributed by atoms with E-state index in [1.54, 1.807) is 0 Å². The molecule has 2 N–H and O–H groups in total. The number of hydrogen-bond donors (Lipinski definition) is 1. The maximum absolute atomic E-state index is 5.31. The molecule has 0 unspecified atom stereocenters. The number of nitrogens with two attached hydrogens (primary N) is 1. The van der Waals surface area contributed by atoms with Gasteiger partial charge in [0.15, 0.2) is 0 Å². The van der Waals surface area contributed by atoms with E-state index >= 15 is 0 Å². The normalized spacial score (nSPS) is 10.7. The summed E-state index contributed by atoms with van der Waals surface area (Å²) in [5, 5.41) is 3.90. The monoisotopic (exact) mass is 297 g/mol. The third-order valence-corrected chi connectivity index (χ3v) is 2.76. The molecule has 0 fully saturated rings. The van der Waals surface area contributed by atoms with Crippen LogP contribution in [0.15, 0.2) is 33.3 Å². The first-order valence-corrected chi connectivity index (χ1v) is 5.96. The van der Waals surface area contributed by atoms with Crippen molar-refractivity contribution in [2.45, 2.75) is 6.61 Å². The molecule has 2 rings (SSSR count). The predicted octanol–water partition coefficient (Wildman–Crippen LogP) is 1.97. The van der Waals surface area contributed by atoms with Crippen LogP contribution in [0.1, 0.15) is 5.89 Å². The highest BCUT2D eigenvalue weighted by molar-refractivity contribution is 9.10. The minimum absolute atomic E-state index is 0.286. The molecule has 0 aliphatic rings. The van der Waals surface area contributed by atoms with E-state index in [-0.39, 0.29) is 6.61 Å². The van der Waals surface area contributed by atoms with Gasteiger partial charge in [0.25, 0.3) is 5.89 Å². The summed E-state index contributed by atoms with van der Waals surface area (Å²) in [5.74, 6) is 0.994. The van der Waals surface area contributed by atoms with Crippen LogP contribution < -0.4 is 5.73 Å². The fourth-order valence-corrected chi connectivity index (χ4v) is 1.77. The molecular weight excluding hydrogens is 286 g/mol. The highest BCUT2D eigenvalue weighted by Gasteiger charge is 2.10. The Morgan fingerprint density at radius 2 is 2.18 bits per heavy atom. The molecule has 2 aromatic rings. The van der Waals surface area contributed by atoms with Crippen molar-refractivity contribution in [3.8, 4) is 11.4 Å². The van der Waals surface area contributed by atoms with Gasteiger partial charge in [0.2, 0.25) is 5.82 Å². The number of nitrogens with zero attached hydrogens (tertiary/aromatic N) is 2. The first-order chi connectivity index (χ1) is 8.31. The van der Waals surface area contributed by atoms with E-state index in [0.717, 1.165) is 10.0 Å². The predicted molar refractivity (Wildman–Crippen MR) is 66.1 cm³/mol. The van der Waals surface area contributed by atoms with Crippen molar-refractivity contribution in [2.24, 2.45) is 5.73 Å². The zero-order valence-corrected chi connectivity index (χ0v) is 10.7. The summed E-state index contributed by atoms with van der Waals surface area (Å²) in [7, 11) is 0. The van der Waals surface area contributed by atoms with Crippen molar-refractivity contribution >= 4 is 15.9 Å². The first-order valence-electron chi connectivity index (χ1n) is 5.16. The van der Waals surface area contributed by atoms with E-state index < -0.39 is 0 Å². The lowest BCUT2D eigenvalue weighted by Crippen LogP contribution is -2.08. The Labute approximate surface area is 107 Å². The zero-order chi connectivity index (χ0) is 12.1. The molecule has 0 aliphatic heterocycles. The van der Waals surface area contributed by atoms with Gasteiger partial charge in [-0.1, -0.05) is 33.2 Å². The van der Waals surface area contributed by atoms with E-state index in [4.69, 9.17) is 15.0 Å². The van der Waals surface area contributed by atoms with Crippen molar-refractivity contribution in [1.82, 2.24) is 10.1 Å². The Kier molecular flexibility index (Phi) is 4.24. The van der Waals surface area contributed by atoms with Crippen LogP contribution in [0.3, 0.4) is 0 Å². The largest absolute Gasteiger partial charge is 0.370 e. The highest BCUT2D eigenvalue weighted by Crippen LogP contribution is 2.25. The van der Waals surface area contributed by atoms with E-state index in [2.05, 4.69) is 26.1 Å². The molecule has 1 aromatic carbocycles. The molecule has 0 saturated heterocycles. The molecule has 0 atom stereocenters. The molecule has 0 radical (unpaired) electrons. The lowest BCUT2D eigenvalue weighted by molar-refractivity contribution is 0.104. The van der Waals surface area contributed by atoms with Gasteiger partial charge in [0.1, 0.15) is 6.61 Å². The maximum atomic E-state index is 5.31. The average Bonchev–Trinajstić information content (AvgIpc) is 2.79. The molecular formula is C11H12BrN3O2. The Bertz CT molecular complexity index is 487. The van der Waals surface area contributed by atoms with Gasteiger partial charge in [-0.3, -0.25) is 0 Å². The summed E-state index contributed by atoms with van der Waals surface area (Å²) < 4.78 is 11.2. The minimum Gasteiger partial charge on any atom is -0.370 e. The first kappa shape index (κ1) is 12.2. The fourth-order valence-electron chi connectivity index (χ4n) is 1.31. The van der Waals surface area contributed by atoms with Crippen LogP contribution in [-0.4, -0.2) is 23.3 Å². The van der Waals surface area contributed by atoms with Crippen LogP contribution in [-0.2, 0) is 11.3 Å². The van der Waals surface area contributed by atoms with Gasteiger partial charge in [-0.15, -0.1) is 0 Å². The molecule has 90 valence electrons. The molecule has 0 saturated carbocycles. The van der Waals surface area contributed by atoms with Crippen molar-refractivity contribution in [2.75, 3.05) is 13.2 Å². The molecule has 0 aliphatic carbocycles. The van der Waals surface area contributed by atoms with Crippen LogP contribution in [0.2, 0.25) is 0 Å². The van der Waals surface area contributed by atoms with Crippen LogP contribution >= 0.6 is 15.9 Å². The molecule has 1 aromatic heterocycles. The standard InChI is InChI=1S/C11H12BrN3O2/c12-9-4-2-1-3-8(9)11-14-10(17-15-11)7-16-6-5-13/h1-4H,5-7,13H2. The van der Waals surface area contributed by atoms with Gasteiger partial charge in [0, 0.05) is 16.6 Å². The third-order valence-electron chi connectivity index (χ3n) is 2.07. The Balaban J connectivity index is 2.10. The molecule has 0 amide bonds. The van der Waals surface area contributed by atoms with E-state index in [1.807, 2.05) is 24.3 Å². The number of benzene rings is 1. The van der Waals surface area contributed by atoms with Gasteiger partial charge < -0.3 is 15.0 Å². The summed E-state index contributed by atoms with van der Waals surface area (Å²) in [6.45, 7) is 1.24. The molecule has 1 heterocycles. The van der Waals surface area contributed by atoms with Crippen molar-refractivity contribution in [3.05, 3.63) is 34.6 Å². The topological polar surface area (TPSA) is 74.2 Å².